The lowest BCUT2D eigenvalue weighted by atomic mass is 10.0. The Bertz CT molecular complexity index is 1670. The molecule has 5 aromatic carbocycles. The highest BCUT2D eigenvalue weighted by molar-refractivity contribution is 9.10. The summed E-state index contributed by atoms with van der Waals surface area (Å²) >= 11 is 10.2. The van der Waals surface area contributed by atoms with Crippen LogP contribution in [-0.4, -0.2) is 43.1 Å². The summed E-state index contributed by atoms with van der Waals surface area (Å²) in [4.78, 5) is 26.0. The molecular weight excluding hydrogens is 824 g/mol. The lowest BCUT2D eigenvalue weighted by Crippen LogP contribution is -2.42. The van der Waals surface area contributed by atoms with Crippen molar-refractivity contribution in [3.05, 3.63) is 176 Å². The maximum atomic E-state index is 12.7. The van der Waals surface area contributed by atoms with Crippen molar-refractivity contribution in [1.29, 1.82) is 0 Å². The molecule has 5 rings (SSSR count). The number of hydrogen-bond acceptors (Lipinski definition) is 6. The number of alkyl halides is 1. The average Bonchev–Trinajstić information content (AvgIpc) is 3.14. The van der Waals surface area contributed by atoms with Crippen molar-refractivity contribution in [2.75, 3.05) is 14.2 Å². The van der Waals surface area contributed by atoms with Crippen LogP contribution in [0, 0.1) is 0 Å². The van der Waals surface area contributed by atoms with E-state index in [-0.39, 0.29) is 18.0 Å². The van der Waals surface area contributed by atoms with Crippen molar-refractivity contribution in [3.8, 4) is 0 Å². The first-order valence-corrected chi connectivity index (χ1v) is 18.7. The zero-order valence-corrected chi connectivity index (χ0v) is 33.0. The normalized spacial score (nSPS) is 11.6. The highest BCUT2D eigenvalue weighted by Crippen LogP contribution is 2.20. The lowest BCUT2D eigenvalue weighted by Gasteiger charge is -2.30. The van der Waals surface area contributed by atoms with Crippen molar-refractivity contribution in [2.24, 2.45) is 5.73 Å². The van der Waals surface area contributed by atoms with Gasteiger partial charge >= 0.3 is 11.9 Å². The third-order valence-electron chi connectivity index (χ3n) is 7.53. The molecule has 0 saturated carbocycles. The van der Waals surface area contributed by atoms with Gasteiger partial charge < -0.3 is 15.2 Å². The fourth-order valence-corrected chi connectivity index (χ4v) is 6.28. The van der Waals surface area contributed by atoms with E-state index in [9.17, 15) is 9.59 Å². The molecule has 0 aliphatic heterocycles. The van der Waals surface area contributed by atoms with Gasteiger partial charge in [0.15, 0.2) is 0 Å². The number of nitrogens with zero attached hydrogens (tertiary/aromatic N) is 1. The molecule has 5 aromatic rings. The Morgan fingerprint density at radius 3 is 1.36 bits per heavy atom. The van der Waals surface area contributed by atoms with Gasteiger partial charge in [-0.3, -0.25) is 14.5 Å². The summed E-state index contributed by atoms with van der Waals surface area (Å²) in [7, 11) is 2.79. The topological polar surface area (TPSA) is 81.9 Å². The summed E-state index contributed by atoms with van der Waals surface area (Å²) in [5, 5.41) is 0.952. The average molecular weight is 868 g/mol. The first kappa shape index (κ1) is 40.8. The van der Waals surface area contributed by atoms with Crippen molar-refractivity contribution in [2.45, 2.75) is 43.3 Å². The van der Waals surface area contributed by atoms with Gasteiger partial charge in [-0.1, -0.05) is 163 Å². The molecule has 0 spiro atoms. The molecule has 0 bridgehead atoms. The molecule has 262 valence electrons. The van der Waals surface area contributed by atoms with Gasteiger partial charge in [0.25, 0.3) is 0 Å². The van der Waals surface area contributed by atoms with E-state index in [4.69, 9.17) is 10.5 Å². The molecular formula is C41H43Br3N2O4. The first-order chi connectivity index (χ1) is 24.2. The van der Waals surface area contributed by atoms with Crippen LogP contribution < -0.4 is 5.73 Å². The van der Waals surface area contributed by atoms with E-state index < -0.39 is 6.04 Å². The molecule has 0 aliphatic carbocycles. The second-order valence-electron chi connectivity index (χ2n) is 11.3. The first-order valence-electron chi connectivity index (χ1n) is 16.0. The van der Waals surface area contributed by atoms with Crippen LogP contribution in [0.1, 0.15) is 27.8 Å². The van der Waals surface area contributed by atoms with Crippen LogP contribution >= 0.6 is 47.8 Å². The van der Waals surface area contributed by atoms with Gasteiger partial charge in [-0.25, -0.2) is 0 Å². The molecule has 0 amide bonds. The van der Waals surface area contributed by atoms with E-state index in [1.165, 1.54) is 30.9 Å². The predicted molar refractivity (Wildman–Crippen MR) is 213 cm³/mol. The minimum absolute atomic E-state index is 0.216. The molecule has 0 saturated heterocycles. The highest BCUT2D eigenvalue weighted by Gasteiger charge is 2.27. The summed E-state index contributed by atoms with van der Waals surface area (Å²) in [5.41, 5.74) is 11.4. The summed E-state index contributed by atoms with van der Waals surface area (Å²) < 4.78 is 11.7. The smallest absolute Gasteiger partial charge is 0.323 e. The van der Waals surface area contributed by atoms with E-state index in [2.05, 4.69) is 99.9 Å². The van der Waals surface area contributed by atoms with Crippen LogP contribution in [0.5, 0.6) is 0 Å². The largest absolute Gasteiger partial charge is 0.468 e. The van der Waals surface area contributed by atoms with Gasteiger partial charge in [0.05, 0.1) is 14.2 Å². The Morgan fingerprint density at radius 1 is 0.580 bits per heavy atom. The van der Waals surface area contributed by atoms with E-state index in [0.29, 0.717) is 25.9 Å². The molecule has 50 heavy (non-hydrogen) atoms. The number of benzene rings is 5. The number of carbonyl (C=O) groups excluding carboxylic acids is 2. The maximum absolute atomic E-state index is 12.7. The monoisotopic (exact) mass is 864 g/mol. The van der Waals surface area contributed by atoms with Gasteiger partial charge in [-0.2, -0.15) is 0 Å². The molecule has 0 fully saturated rings. The molecule has 0 aromatic heterocycles. The van der Waals surface area contributed by atoms with E-state index in [0.717, 1.165) is 25.4 Å². The fraction of sp³-hybridized carbons (Fsp3) is 0.220. The standard InChI is InChI=1S/C24H24BrNO2.C10H12BrNO2.C7H7Br/c1-28-24(27)23(16-21-13-8-14-22(25)15-21)26(17-19-9-4-2-5-10-19)18-20-11-6-3-7-12-20;1-14-10(13)9(12)6-7-3-2-4-8(11)5-7;8-6-7-4-2-1-3-5-7/h2-15,23H,16-18H2,1H3;2-5,9H,6,12H2,1H3;1-5H,6H2/t23-;9-;/m10./s1. The number of esters is 2. The van der Waals surface area contributed by atoms with E-state index in [1.54, 1.807) is 0 Å². The Kier molecular flexibility index (Phi) is 18.8. The number of carbonyl (C=O) groups is 2. The molecule has 2 atom stereocenters. The zero-order chi connectivity index (χ0) is 36.1. The quantitative estimate of drug-likeness (QED) is 0.0996. The van der Waals surface area contributed by atoms with E-state index >= 15 is 0 Å². The predicted octanol–water partition coefficient (Wildman–Crippen LogP) is 9.31. The van der Waals surface area contributed by atoms with Crippen LogP contribution in [0.15, 0.2) is 148 Å². The number of hydrogen-bond donors (Lipinski definition) is 1. The highest BCUT2D eigenvalue weighted by atomic mass is 79.9. The molecule has 2 N–H and O–H groups in total. The van der Waals surface area contributed by atoms with Crippen LogP contribution in [-0.2, 0) is 50.3 Å². The van der Waals surface area contributed by atoms with Crippen LogP contribution in [0.25, 0.3) is 0 Å². The van der Waals surface area contributed by atoms with Crippen LogP contribution in [0.4, 0.5) is 0 Å². The summed E-state index contributed by atoms with van der Waals surface area (Å²) in [6, 6.07) is 45.6. The minimum Gasteiger partial charge on any atom is -0.468 e. The zero-order valence-electron chi connectivity index (χ0n) is 28.3. The molecule has 9 heteroatoms. The third kappa shape index (κ3) is 15.1. The molecule has 0 heterocycles. The van der Waals surface area contributed by atoms with Gasteiger partial charge in [0.2, 0.25) is 0 Å². The van der Waals surface area contributed by atoms with Crippen LogP contribution in [0.3, 0.4) is 0 Å². The number of ether oxygens (including phenoxy) is 2. The maximum Gasteiger partial charge on any atom is 0.323 e. The lowest BCUT2D eigenvalue weighted by molar-refractivity contribution is -0.147. The Hall–Kier alpha value is -3.60. The van der Waals surface area contributed by atoms with Gasteiger partial charge in [-0.05, 0) is 64.9 Å². The molecule has 0 unspecified atom stereocenters. The number of halogens is 3. The second-order valence-corrected chi connectivity index (χ2v) is 13.7. The van der Waals surface area contributed by atoms with Crippen molar-refractivity contribution in [3.63, 3.8) is 0 Å². The minimum atomic E-state index is -0.589. The third-order valence-corrected chi connectivity index (χ3v) is 9.17. The number of rotatable bonds is 12. The van der Waals surface area contributed by atoms with Gasteiger partial charge in [0, 0.05) is 27.4 Å². The molecule has 6 nitrogen and oxygen atoms in total. The molecule has 0 radical (unpaired) electrons. The summed E-state index contributed by atoms with van der Waals surface area (Å²) in [6.45, 7) is 1.34. The number of methoxy groups -OCH3 is 2. The van der Waals surface area contributed by atoms with Crippen molar-refractivity contribution < 1.29 is 19.1 Å². The fourth-order valence-electron chi connectivity index (χ4n) is 5.02. The van der Waals surface area contributed by atoms with Crippen LogP contribution in [0.2, 0.25) is 0 Å². The number of nitrogens with two attached hydrogens (primary N) is 1. The molecule has 0 aliphatic rings. The Morgan fingerprint density at radius 2 is 0.980 bits per heavy atom. The summed E-state index contributed by atoms with van der Waals surface area (Å²) in [5.74, 6) is -0.600. The van der Waals surface area contributed by atoms with Gasteiger partial charge in [0.1, 0.15) is 12.1 Å². The Labute approximate surface area is 321 Å². The van der Waals surface area contributed by atoms with E-state index in [1.807, 2.05) is 97.1 Å². The SMILES string of the molecule is BrCc1ccccc1.COC(=O)[C@@H](Cc1cccc(Br)c1)N(Cc1ccccc1)Cc1ccccc1.COC(=O)[C@@H](N)Cc1cccc(Br)c1. The van der Waals surface area contributed by atoms with Gasteiger partial charge in [-0.15, -0.1) is 0 Å². The summed E-state index contributed by atoms with van der Waals surface area (Å²) in [6.07, 6.45) is 1.08. The second kappa shape index (κ2) is 23.0. The van der Waals surface area contributed by atoms with Crippen molar-refractivity contribution in [1.82, 2.24) is 4.90 Å². The van der Waals surface area contributed by atoms with Crippen molar-refractivity contribution >= 4 is 59.7 Å². The Balaban J connectivity index is 0.000000253.